The predicted molar refractivity (Wildman–Crippen MR) is 45.0 cm³/mol. The Morgan fingerprint density at radius 2 is 2.36 bits per heavy atom. The first-order valence-corrected chi connectivity index (χ1v) is 3.80. The van der Waals surface area contributed by atoms with Crippen molar-refractivity contribution in [1.29, 1.82) is 0 Å². The van der Waals surface area contributed by atoms with Crippen LogP contribution in [0.15, 0.2) is 29.5 Å². The SMILES string of the molecule is CC1C=NN2C=CC=CC2N1. The third kappa shape index (κ3) is 1.19. The van der Waals surface area contributed by atoms with Gasteiger partial charge >= 0.3 is 0 Å². The van der Waals surface area contributed by atoms with Gasteiger partial charge < -0.3 is 0 Å². The molecule has 2 rings (SSSR count). The van der Waals surface area contributed by atoms with Crippen LogP contribution in [-0.4, -0.2) is 23.4 Å². The van der Waals surface area contributed by atoms with Crippen LogP contribution in [0, 0.1) is 0 Å². The minimum Gasteiger partial charge on any atom is -0.285 e. The van der Waals surface area contributed by atoms with Gasteiger partial charge in [-0.3, -0.25) is 10.3 Å². The number of hydrogen-bond donors (Lipinski definition) is 1. The van der Waals surface area contributed by atoms with Gasteiger partial charge in [0.15, 0.2) is 0 Å². The van der Waals surface area contributed by atoms with Crippen LogP contribution in [0.25, 0.3) is 0 Å². The van der Waals surface area contributed by atoms with Gasteiger partial charge in [-0.25, -0.2) is 0 Å². The molecule has 0 radical (unpaired) electrons. The van der Waals surface area contributed by atoms with E-state index in [1.54, 1.807) is 0 Å². The Labute approximate surface area is 66.1 Å². The summed E-state index contributed by atoms with van der Waals surface area (Å²) in [6.45, 7) is 2.09. The highest BCUT2D eigenvalue weighted by atomic mass is 15.5. The van der Waals surface area contributed by atoms with Gasteiger partial charge in [0, 0.05) is 18.5 Å². The second-order valence-electron chi connectivity index (χ2n) is 2.77. The predicted octanol–water partition coefficient (Wildman–Crippen LogP) is 0.675. The van der Waals surface area contributed by atoms with E-state index in [1.807, 2.05) is 29.6 Å². The molecule has 0 saturated heterocycles. The second-order valence-corrected chi connectivity index (χ2v) is 2.77. The van der Waals surface area contributed by atoms with Crippen LogP contribution in [0.3, 0.4) is 0 Å². The highest BCUT2D eigenvalue weighted by molar-refractivity contribution is 5.64. The molecule has 11 heavy (non-hydrogen) atoms. The molecule has 0 aromatic carbocycles. The fourth-order valence-electron chi connectivity index (χ4n) is 1.22. The first-order chi connectivity index (χ1) is 5.36. The lowest BCUT2D eigenvalue weighted by molar-refractivity contribution is 0.264. The van der Waals surface area contributed by atoms with Crippen LogP contribution in [0.4, 0.5) is 0 Å². The molecule has 2 heterocycles. The Balaban J connectivity index is 2.20. The molecule has 0 amide bonds. The maximum Gasteiger partial charge on any atom is 0.121 e. The quantitative estimate of drug-likeness (QED) is 0.548. The lowest BCUT2D eigenvalue weighted by Gasteiger charge is -2.32. The molecule has 58 valence electrons. The van der Waals surface area contributed by atoms with Crippen molar-refractivity contribution < 1.29 is 0 Å². The fourth-order valence-corrected chi connectivity index (χ4v) is 1.22. The minimum atomic E-state index is 0.250. The van der Waals surface area contributed by atoms with Crippen molar-refractivity contribution in [3.05, 3.63) is 24.4 Å². The van der Waals surface area contributed by atoms with Crippen LogP contribution < -0.4 is 5.32 Å². The first kappa shape index (κ1) is 6.61. The van der Waals surface area contributed by atoms with Crippen LogP contribution in [0.5, 0.6) is 0 Å². The number of nitrogens with one attached hydrogen (secondary N) is 1. The Hall–Kier alpha value is -1.09. The topological polar surface area (TPSA) is 27.6 Å². The zero-order chi connectivity index (χ0) is 7.68. The summed E-state index contributed by atoms with van der Waals surface area (Å²) >= 11 is 0. The van der Waals surface area contributed by atoms with E-state index in [2.05, 4.69) is 23.4 Å². The van der Waals surface area contributed by atoms with E-state index in [-0.39, 0.29) is 6.17 Å². The maximum absolute atomic E-state index is 4.24. The summed E-state index contributed by atoms with van der Waals surface area (Å²) in [5.74, 6) is 0. The van der Waals surface area contributed by atoms with E-state index in [4.69, 9.17) is 0 Å². The van der Waals surface area contributed by atoms with Gasteiger partial charge in [-0.15, -0.1) is 0 Å². The van der Waals surface area contributed by atoms with E-state index in [1.165, 1.54) is 0 Å². The maximum atomic E-state index is 4.24. The molecule has 0 fully saturated rings. The Bertz CT molecular complexity index is 229. The molecular formula is C8H11N3. The van der Waals surface area contributed by atoms with E-state index in [0.717, 1.165) is 0 Å². The third-order valence-electron chi connectivity index (χ3n) is 1.79. The summed E-state index contributed by atoms with van der Waals surface area (Å²) in [6.07, 6.45) is 10.2. The standard InChI is InChI=1S/C8H11N3/c1-7-6-9-11-5-3-2-4-8(11)10-7/h2-8,10H,1H3. The highest BCUT2D eigenvalue weighted by Gasteiger charge is 2.18. The molecule has 0 aromatic heterocycles. The summed E-state index contributed by atoms with van der Waals surface area (Å²) in [5, 5.41) is 9.50. The molecule has 2 atom stereocenters. The zero-order valence-corrected chi connectivity index (χ0v) is 6.44. The van der Waals surface area contributed by atoms with Gasteiger partial charge in [-0.2, -0.15) is 5.10 Å². The average molecular weight is 149 g/mol. The first-order valence-electron chi connectivity index (χ1n) is 3.80. The van der Waals surface area contributed by atoms with Gasteiger partial charge in [-0.05, 0) is 19.1 Å². The van der Waals surface area contributed by atoms with Crippen molar-refractivity contribution in [1.82, 2.24) is 10.3 Å². The monoisotopic (exact) mass is 149 g/mol. The number of hydrazone groups is 1. The molecule has 2 aliphatic rings. The number of allylic oxidation sites excluding steroid dienone is 2. The molecule has 0 saturated carbocycles. The van der Waals surface area contributed by atoms with Gasteiger partial charge in [0.1, 0.15) is 6.17 Å². The van der Waals surface area contributed by atoms with Crippen molar-refractivity contribution in [2.24, 2.45) is 5.10 Å². The number of nitrogens with zero attached hydrogens (tertiary/aromatic N) is 2. The van der Waals surface area contributed by atoms with Gasteiger partial charge in [0.2, 0.25) is 0 Å². The smallest absolute Gasteiger partial charge is 0.121 e. The molecule has 0 aliphatic carbocycles. The number of rotatable bonds is 0. The Morgan fingerprint density at radius 3 is 3.27 bits per heavy atom. The Morgan fingerprint density at radius 1 is 1.45 bits per heavy atom. The van der Waals surface area contributed by atoms with Crippen molar-refractivity contribution in [3.63, 3.8) is 0 Å². The van der Waals surface area contributed by atoms with E-state index in [9.17, 15) is 0 Å². The van der Waals surface area contributed by atoms with Crippen LogP contribution in [-0.2, 0) is 0 Å². The molecule has 0 bridgehead atoms. The van der Waals surface area contributed by atoms with Gasteiger partial charge in [0.05, 0.1) is 0 Å². The summed E-state index contributed by atoms with van der Waals surface area (Å²) in [7, 11) is 0. The summed E-state index contributed by atoms with van der Waals surface area (Å²) in [5.41, 5.74) is 0. The highest BCUT2D eigenvalue weighted by Crippen LogP contribution is 2.09. The lowest BCUT2D eigenvalue weighted by atomic mass is 10.2. The zero-order valence-electron chi connectivity index (χ0n) is 6.44. The normalized spacial score (nSPS) is 34.1. The van der Waals surface area contributed by atoms with Crippen LogP contribution in [0.1, 0.15) is 6.92 Å². The van der Waals surface area contributed by atoms with Crippen molar-refractivity contribution >= 4 is 6.21 Å². The van der Waals surface area contributed by atoms with E-state index < -0.39 is 0 Å². The lowest BCUT2D eigenvalue weighted by Crippen LogP contribution is -2.48. The molecule has 3 nitrogen and oxygen atoms in total. The van der Waals surface area contributed by atoms with Gasteiger partial charge in [0.25, 0.3) is 0 Å². The number of fused-ring (bicyclic) bond motifs is 1. The summed E-state index contributed by atoms with van der Waals surface area (Å²) in [4.78, 5) is 0. The Kier molecular flexibility index (Phi) is 1.51. The van der Waals surface area contributed by atoms with Crippen molar-refractivity contribution in [3.8, 4) is 0 Å². The van der Waals surface area contributed by atoms with Crippen LogP contribution >= 0.6 is 0 Å². The van der Waals surface area contributed by atoms with E-state index in [0.29, 0.717) is 6.04 Å². The largest absolute Gasteiger partial charge is 0.285 e. The molecular weight excluding hydrogens is 138 g/mol. The molecule has 1 N–H and O–H groups in total. The molecule has 0 aromatic rings. The minimum absolute atomic E-state index is 0.250. The average Bonchev–Trinajstić information content (AvgIpc) is 2.04. The van der Waals surface area contributed by atoms with Gasteiger partial charge in [-0.1, -0.05) is 6.08 Å². The summed E-state index contributed by atoms with van der Waals surface area (Å²) < 4.78 is 0. The fraction of sp³-hybridized carbons (Fsp3) is 0.375. The second kappa shape index (κ2) is 2.51. The number of hydrogen-bond acceptors (Lipinski definition) is 3. The molecule has 3 heteroatoms. The third-order valence-corrected chi connectivity index (χ3v) is 1.79. The van der Waals surface area contributed by atoms with Crippen LogP contribution in [0.2, 0.25) is 0 Å². The molecule has 2 unspecified atom stereocenters. The molecule has 2 aliphatic heterocycles. The molecule has 0 spiro atoms. The summed E-state index contributed by atoms with van der Waals surface area (Å²) in [6, 6.07) is 0.368. The van der Waals surface area contributed by atoms with E-state index >= 15 is 0 Å². The van der Waals surface area contributed by atoms with Crippen molar-refractivity contribution in [2.45, 2.75) is 19.1 Å². The van der Waals surface area contributed by atoms with Crippen molar-refractivity contribution in [2.75, 3.05) is 0 Å².